The second-order valence-electron chi connectivity index (χ2n) is 10.5. The minimum Gasteiger partial charge on any atom is -0.481 e. The number of carbonyl (C=O) groups is 3. The van der Waals surface area contributed by atoms with E-state index in [1.54, 1.807) is 4.90 Å². The minimum atomic E-state index is -0.925. The summed E-state index contributed by atoms with van der Waals surface area (Å²) in [7, 11) is 0. The van der Waals surface area contributed by atoms with Gasteiger partial charge in [0.2, 0.25) is 5.91 Å². The summed E-state index contributed by atoms with van der Waals surface area (Å²) < 4.78 is 5.68. The Morgan fingerprint density at radius 3 is 2.20 bits per heavy atom. The molecular formula is C28H34N2O5. The zero-order chi connectivity index (χ0) is 25.2. The van der Waals surface area contributed by atoms with E-state index in [1.807, 2.05) is 45.0 Å². The number of fused-ring (bicyclic) bond motifs is 3. The first-order chi connectivity index (χ1) is 16.7. The highest BCUT2D eigenvalue weighted by molar-refractivity contribution is 5.87. The second kappa shape index (κ2) is 10.1. The highest BCUT2D eigenvalue weighted by atomic mass is 16.5. The second-order valence-corrected chi connectivity index (χ2v) is 10.5. The third kappa shape index (κ3) is 5.34. The summed E-state index contributed by atoms with van der Waals surface area (Å²) >= 11 is 0. The Kier molecular flexibility index (Phi) is 7.15. The molecule has 0 spiro atoms. The molecule has 2 aliphatic rings. The van der Waals surface area contributed by atoms with Gasteiger partial charge in [-0.05, 0) is 46.9 Å². The van der Waals surface area contributed by atoms with Gasteiger partial charge < -0.3 is 20.1 Å². The van der Waals surface area contributed by atoms with E-state index in [2.05, 4.69) is 29.6 Å². The van der Waals surface area contributed by atoms with Gasteiger partial charge in [-0.25, -0.2) is 4.79 Å². The number of rotatable bonds is 6. The number of benzene rings is 2. The smallest absolute Gasteiger partial charge is 0.407 e. The van der Waals surface area contributed by atoms with Crippen LogP contribution in [0.3, 0.4) is 0 Å². The maximum absolute atomic E-state index is 13.5. The number of ether oxygens (including phenoxy) is 1. The van der Waals surface area contributed by atoms with Crippen LogP contribution in [0.15, 0.2) is 48.5 Å². The summed E-state index contributed by atoms with van der Waals surface area (Å²) in [6, 6.07) is 15.1. The lowest BCUT2D eigenvalue weighted by Gasteiger charge is -2.40. The van der Waals surface area contributed by atoms with Crippen molar-refractivity contribution in [2.75, 3.05) is 13.2 Å². The van der Waals surface area contributed by atoms with Crippen LogP contribution in [-0.4, -0.2) is 53.2 Å². The van der Waals surface area contributed by atoms with Crippen molar-refractivity contribution in [1.29, 1.82) is 0 Å². The fraction of sp³-hybridized carbons (Fsp3) is 0.464. The summed E-state index contributed by atoms with van der Waals surface area (Å²) in [5, 5.41) is 12.1. The molecule has 7 nitrogen and oxygen atoms in total. The normalized spacial score (nSPS) is 18.4. The predicted molar refractivity (Wildman–Crippen MR) is 133 cm³/mol. The van der Waals surface area contributed by atoms with Crippen LogP contribution in [0.2, 0.25) is 0 Å². The van der Waals surface area contributed by atoms with Gasteiger partial charge in [0.15, 0.2) is 0 Å². The van der Waals surface area contributed by atoms with Gasteiger partial charge in [-0.1, -0.05) is 69.3 Å². The van der Waals surface area contributed by atoms with Crippen molar-refractivity contribution >= 4 is 18.0 Å². The monoisotopic (exact) mass is 478 g/mol. The average Bonchev–Trinajstić information content (AvgIpc) is 3.14. The molecule has 2 aromatic carbocycles. The number of carboxylic acids is 1. The Hall–Kier alpha value is -3.35. The standard InChI is InChI=1S/C28H34N2O5/c1-28(2,3)25(26(33)30-15-9-8-10-18(30)16-24(31)32)29-27(34)35-17-23-21-13-6-4-11-19(21)20-12-5-7-14-22(20)23/h4-7,11-14,18,23,25H,8-10,15-17H2,1-3H3,(H,29,34)(H,31,32)/t18-,25+/m0/s1. The van der Waals surface area contributed by atoms with Crippen LogP contribution in [-0.2, 0) is 14.3 Å². The third-order valence-corrected chi connectivity index (χ3v) is 7.04. The first kappa shape index (κ1) is 24.8. The fourth-order valence-electron chi connectivity index (χ4n) is 5.28. The Bertz CT molecular complexity index is 1060. The average molecular weight is 479 g/mol. The van der Waals surface area contributed by atoms with Gasteiger partial charge in [-0.3, -0.25) is 9.59 Å². The van der Waals surface area contributed by atoms with Crippen LogP contribution in [0.4, 0.5) is 4.79 Å². The highest BCUT2D eigenvalue weighted by Gasteiger charge is 2.40. The number of hydrogen-bond acceptors (Lipinski definition) is 4. The maximum Gasteiger partial charge on any atom is 0.407 e. The molecule has 4 rings (SSSR count). The van der Waals surface area contributed by atoms with Crippen molar-refractivity contribution in [3.05, 3.63) is 59.7 Å². The molecule has 0 aromatic heterocycles. The first-order valence-electron chi connectivity index (χ1n) is 12.3. The van der Waals surface area contributed by atoms with Gasteiger partial charge in [0.1, 0.15) is 12.6 Å². The zero-order valence-electron chi connectivity index (χ0n) is 20.6. The number of amides is 2. The molecule has 1 saturated heterocycles. The molecule has 2 atom stereocenters. The van der Waals surface area contributed by atoms with E-state index in [-0.39, 0.29) is 30.9 Å². The van der Waals surface area contributed by atoms with Crippen molar-refractivity contribution in [2.24, 2.45) is 5.41 Å². The summed E-state index contributed by atoms with van der Waals surface area (Å²) in [5.74, 6) is -1.25. The van der Waals surface area contributed by atoms with Crippen LogP contribution in [0.25, 0.3) is 11.1 Å². The number of nitrogens with one attached hydrogen (secondary N) is 1. The van der Waals surface area contributed by atoms with Gasteiger partial charge in [0.05, 0.1) is 6.42 Å². The molecule has 1 heterocycles. The lowest BCUT2D eigenvalue weighted by atomic mass is 9.84. The molecule has 0 unspecified atom stereocenters. The lowest BCUT2D eigenvalue weighted by molar-refractivity contribution is -0.144. The number of hydrogen-bond donors (Lipinski definition) is 2. The summed E-state index contributed by atoms with van der Waals surface area (Å²) in [6.45, 7) is 6.31. The molecule has 35 heavy (non-hydrogen) atoms. The Balaban J connectivity index is 1.46. The third-order valence-electron chi connectivity index (χ3n) is 7.04. The molecular weight excluding hydrogens is 444 g/mol. The number of likely N-dealkylation sites (tertiary alicyclic amines) is 1. The van der Waals surface area contributed by atoms with Crippen LogP contribution < -0.4 is 5.32 Å². The zero-order valence-corrected chi connectivity index (χ0v) is 20.6. The van der Waals surface area contributed by atoms with Crippen LogP contribution in [0, 0.1) is 5.41 Å². The van der Waals surface area contributed by atoms with Crippen molar-refractivity contribution in [3.8, 4) is 11.1 Å². The van der Waals surface area contributed by atoms with Gasteiger partial charge >= 0.3 is 12.1 Å². The molecule has 0 radical (unpaired) electrons. The SMILES string of the molecule is CC(C)(C)[C@H](NC(=O)OCC1c2ccccc2-c2ccccc21)C(=O)N1CCCC[C@H]1CC(=O)O. The van der Waals surface area contributed by atoms with E-state index in [0.717, 1.165) is 35.1 Å². The van der Waals surface area contributed by atoms with Crippen molar-refractivity contribution in [1.82, 2.24) is 10.2 Å². The number of alkyl carbamates (subject to hydrolysis) is 1. The molecule has 186 valence electrons. The Morgan fingerprint density at radius 1 is 1.03 bits per heavy atom. The molecule has 2 aromatic rings. The topological polar surface area (TPSA) is 95.9 Å². The fourth-order valence-corrected chi connectivity index (χ4v) is 5.28. The molecule has 2 N–H and O–H groups in total. The van der Waals surface area contributed by atoms with Crippen molar-refractivity contribution in [3.63, 3.8) is 0 Å². The van der Waals surface area contributed by atoms with Gasteiger partial charge in [-0.15, -0.1) is 0 Å². The van der Waals surface area contributed by atoms with E-state index >= 15 is 0 Å². The van der Waals surface area contributed by atoms with E-state index in [9.17, 15) is 19.5 Å². The van der Waals surface area contributed by atoms with Gasteiger partial charge in [-0.2, -0.15) is 0 Å². The first-order valence-corrected chi connectivity index (χ1v) is 12.3. The number of carbonyl (C=O) groups excluding carboxylic acids is 2. The molecule has 0 bridgehead atoms. The summed E-state index contributed by atoms with van der Waals surface area (Å²) in [6.07, 6.45) is 1.63. The van der Waals surface area contributed by atoms with E-state index in [4.69, 9.17) is 4.74 Å². The van der Waals surface area contributed by atoms with Crippen molar-refractivity contribution in [2.45, 2.75) is 64.5 Å². The summed E-state index contributed by atoms with van der Waals surface area (Å²) in [5.41, 5.74) is 3.96. The van der Waals surface area contributed by atoms with Crippen LogP contribution in [0.1, 0.15) is 63.5 Å². The maximum atomic E-state index is 13.5. The molecule has 1 aliphatic heterocycles. The van der Waals surface area contributed by atoms with E-state index < -0.39 is 23.5 Å². The lowest BCUT2D eigenvalue weighted by Crippen LogP contribution is -2.58. The number of piperidine rings is 1. The quantitative estimate of drug-likeness (QED) is 0.622. The van der Waals surface area contributed by atoms with E-state index in [1.165, 1.54) is 0 Å². The molecule has 1 aliphatic carbocycles. The molecule has 1 fully saturated rings. The molecule has 7 heteroatoms. The number of aliphatic carboxylic acids is 1. The number of carboxylic acid groups (broad SMARTS) is 1. The number of nitrogens with zero attached hydrogens (tertiary/aromatic N) is 1. The van der Waals surface area contributed by atoms with Crippen molar-refractivity contribution < 1.29 is 24.2 Å². The van der Waals surface area contributed by atoms with Gasteiger partial charge in [0, 0.05) is 18.5 Å². The molecule has 0 saturated carbocycles. The predicted octanol–water partition coefficient (Wildman–Crippen LogP) is 4.80. The Labute approximate surface area is 206 Å². The van der Waals surface area contributed by atoms with E-state index in [0.29, 0.717) is 13.0 Å². The van der Waals surface area contributed by atoms with Crippen LogP contribution >= 0.6 is 0 Å². The Morgan fingerprint density at radius 2 is 1.63 bits per heavy atom. The van der Waals surface area contributed by atoms with Gasteiger partial charge in [0.25, 0.3) is 0 Å². The summed E-state index contributed by atoms with van der Waals surface area (Å²) in [4.78, 5) is 39.4. The molecule has 2 amide bonds. The highest BCUT2D eigenvalue weighted by Crippen LogP contribution is 2.44. The largest absolute Gasteiger partial charge is 0.481 e. The van der Waals surface area contributed by atoms with Crippen LogP contribution in [0.5, 0.6) is 0 Å². The minimum absolute atomic E-state index is 0.0704.